The number of aromatic hydroxyl groups is 1. The molecule has 3 rings (SSSR count). The van der Waals surface area contributed by atoms with E-state index >= 15 is 0 Å². The lowest BCUT2D eigenvalue weighted by molar-refractivity contribution is -0.128. The zero-order valence-corrected chi connectivity index (χ0v) is 11.7. The Morgan fingerprint density at radius 2 is 1.85 bits per heavy atom. The molecule has 1 aromatic rings. The van der Waals surface area contributed by atoms with Gasteiger partial charge in [-0.05, 0) is 37.1 Å². The molecule has 20 heavy (non-hydrogen) atoms. The van der Waals surface area contributed by atoms with Crippen LogP contribution in [0.15, 0.2) is 24.3 Å². The van der Waals surface area contributed by atoms with E-state index in [1.807, 2.05) is 17.1 Å². The maximum Gasteiger partial charge on any atom is 0.238 e. The van der Waals surface area contributed by atoms with E-state index in [0.29, 0.717) is 5.92 Å². The highest BCUT2D eigenvalue weighted by atomic mass is 16.3. The highest BCUT2D eigenvalue weighted by Crippen LogP contribution is 2.47. The van der Waals surface area contributed by atoms with Crippen LogP contribution in [0.1, 0.15) is 17.9 Å². The van der Waals surface area contributed by atoms with Gasteiger partial charge < -0.3 is 10.0 Å². The first kappa shape index (κ1) is 13.4. The topological polar surface area (TPSA) is 55.8 Å². The summed E-state index contributed by atoms with van der Waals surface area (Å²) in [5.74, 6) is 0.794. The van der Waals surface area contributed by atoms with Crippen LogP contribution in [0.5, 0.6) is 5.75 Å². The van der Waals surface area contributed by atoms with Gasteiger partial charge in [-0.3, -0.25) is 10.2 Å². The molecule has 2 aliphatic rings. The van der Waals surface area contributed by atoms with E-state index in [9.17, 15) is 9.90 Å². The Balaban J connectivity index is 1.51. The summed E-state index contributed by atoms with van der Waals surface area (Å²) in [6, 6.07) is 7.18. The number of carbonyl (C=O) groups is 1. The van der Waals surface area contributed by atoms with Crippen molar-refractivity contribution in [1.82, 2.24) is 15.3 Å². The number of rotatable bonds is 3. The molecular formula is C15H21N3O2. The van der Waals surface area contributed by atoms with Gasteiger partial charge in [0.15, 0.2) is 0 Å². The van der Waals surface area contributed by atoms with Gasteiger partial charge in [0, 0.05) is 32.1 Å². The van der Waals surface area contributed by atoms with Gasteiger partial charge in [-0.2, -0.15) is 0 Å². The molecule has 1 saturated heterocycles. The van der Waals surface area contributed by atoms with Gasteiger partial charge in [0.2, 0.25) is 5.91 Å². The lowest BCUT2D eigenvalue weighted by Crippen LogP contribution is -2.53. The summed E-state index contributed by atoms with van der Waals surface area (Å²) in [5.41, 5.74) is 4.17. The Morgan fingerprint density at radius 3 is 2.50 bits per heavy atom. The number of piperazine rings is 1. The van der Waals surface area contributed by atoms with E-state index in [4.69, 9.17) is 0 Å². The van der Waals surface area contributed by atoms with Crippen LogP contribution in [0.3, 0.4) is 0 Å². The highest BCUT2D eigenvalue weighted by Gasteiger charge is 2.44. The first-order valence-electron chi connectivity index (χ1n) is 7.16. The third kappa shape index (κ3) is 2.94. The molecule has 1 saturated carbocycles. The molecule has 2 unspecified atom stereocenters. The molecule has 0 aromatic heterocycles. The zero-order valence-electron chi connectivity index (χ0n) is 11.7. The number of hydrogen-bond donors (Lipinski definition) is 2. The Hall–Kier alpha value is -1.59. The van der Waals surface area contributed by atoms with Crippen LogP contribution >= 0.6 is 0 Å². The van der Waals surface area contributed by atoms with Crippen LogP contribution in [-0.4, -0.2) is 54.1 Å². The van der Waals surface area contributed by atoms with Crippen molar-refractivity contribution in [3.8, 4) is 5.75 Å². The molecule has 2 fully saturated rings. The number of carbonyl (C=O) groups excluding carboxylic acids is 1. The maximum absolute atomic E-state index is 12.2. The lowest BCUT2D eigenvalue weighted by atomic mass is 10.1. The molecule has 1 aliphatic heterocycles. The minimum Gasteiger partial charge on any atom is -0.508 e. The summed E-state index contributed by atoms with van der Waals surface area (Å²) >= 11 is 0. The van der Waals surface area contributed by atoms with Crippen molar-refractivity contribution < 1.29 is 9.90 Å². The first-order chi connectivity index (χ1) is 9.63. The quantitative estimate of drug-likeness (QED) is 0.856. The molecule has 5 nitrogen and oxygen atoms in total. The fraction of sp³-hybridized carbons (Fsp3) is 0.533. The molecule has 0 spiro atoms. The van der Waals surface area contributed by atoms with Gasteiger partial charge in [0.05, 0.1) is 0 Å². The van der Waals surface area contributed by atoms with Gasteiger partial charge in [0.25, 0.3) is 0 Å². The van der Waals surface area contributed by atoms with Gasteiger partial charge in [-0.25, -0.2) is 5.01 Å². The fourth-order valence-corrected chi connectivity index (χ4v) is 2.73. The maximum atomic E-state index is 12.2. The Kier molecular flexibility index (Phi) is 3.63. The van der Waals surface area contributed by atoms with Crippen molar-refractivity contribution in [2.75, 3.05) is 33.2 Å². The second-order valence-corrected chi connectivity index (χ2v) is 5.81. The van der Waals surface area contributed by atoms with Gasteiger partial charge in [-0.1, -0.05) is 12.1 Å². The smallest absolute Gasteiger partial charge is 0.238 e. The summed E-state index contributed by atoms with van der Waals surface area (Å²) < 4.78 is 0. The number of phenolic OH excluding ortho intramolecular Hbond substituents is 1. The minimum atomic E-state index is 0.0826. The van der Waals surface area contributed by atoms with Gasteiger partial charge in [-0.15, -0.1) is 0 Å². The zero-order chi connectivity index (χ0) is 14.1. The van der Waals surface area contributed by atoms with Gasteiger partial charge >= 0.3 is 0 Å². The molecule has 1 amide bonds. The highest BCUT2D eigenvalue weighted by molar-refractivity contribution is 5.82. The van der Waals surface area contributed by atoms with Crippen molar-refractivity contribution in [2.45, 2.75) is 12.3 Å². The fourth-order valence-electron chi connectivity index (χ4n) is 2.73. The van der Waals surface area contributed by atoms with Crippen LogP contribution in [0.4, 0.5) is 0 Å². The molecule has 108 valence electrons. The number of nitrogens with one attached hydrogen (secondary N) is 1. The van der Waals surface area contributed by atoms with Crippen LogP contribution in [0.2, 0.25) is 0 Å². The molecule has 0 bridgehead atoms. The van der Waals surface area contributed by atoms with Crippen LogP contribution < -0.4 is 5.43 Å². The second-order valence-electron chi connectivity index (χ2n) is 5.81. The Morgan fingerprint density at radius 1 is 1.20 bits per heavy atom. The predicted molar refractivity (Wildman–Crippen MR) is 76.2 cm³/mol. The molecule has 2 atom stereocenters. The third-order valence-electron chi connectivity index (χ3n) is 4.22. The van der Waals surface area contributed by atoms with Crippen molar-refractivity contribution >= 4 is 5.91 Å². The summed E-state index contributed by atoms with van der Waals surface area (Å²) in [7, 11) is 2.10. The van der Waals surface area contributed by atoms with Gasteiger partial charge in [0.1, 0.15) is 5.75 Å². The monoisotopic (exact) mass is 275 g/mol. The van der Waals surface area contributed by atoms with E-state index in [0.717, 1.165) is 38.2 Å². The summed E-state index contributed by atoms with van der Waals surface area (Å²) in [6.45, 7) is 3.76. The molecule has 0 radical (unpaired) electrons. The van der Waals surface area contributed by atoms with E-state index in [-0.39, 0.29) is 17.6 Å². The molecule has 1 heterocycles. The molecular weight excluding hydrogens is 254 g/mol. The van der Waals surface area contributed by atoms with E-state index in [1.165, 1.54) is 0 Å². The van der Waals surface area contributed by atoms with Crippen molar-refractivity contribution in [1.29, 1.82) is 0 Å². The van der Waals surface area contributed by atoms with E-state index < -0.39 is 0 Å². The average molecular weight is 275 g/mol. The number of amides is 1. The first-order valence-corrected chi connectivity index (χ1v) is 7.16. The number of phenols is 1. The minimum absolute atomic E-state index is 0.0826. The van der Waals surface area contributed by atoms with E-state index in [2.05, 4.69) is 17.4 Å². The number of hydrogen-bond acceptors (Lipinski definition) is 4. The largest absolute Gasteiger partial charge is 0.508 e. The Labute approximate surface area is 119 Å². The predicted octanol–water partition coefficient (Wildman–Crippen LogP) is 0.774. The number of hydrazine groups is 1. The molecule has 1 aliphatic carbocycles. The molecule has 5 heteroatoms. The lowest BCUT2D eigenvalue weighted by Gasteiger charge is -2.32. The average Bonchev–Trinajstić information content (AvgIpc) is 3.23. The molecule has 1 aromatic carbocycles. The standard InChI is InChI=1S/C15H21N3O2/c1-17-6-8-18(9-7-17)16-15(20)14-10-13(14)11-2-4-12(19)5-3-11/h2-5,13-14,19H,6-10H2,1H3,(H,16,20). The number of benzene rings is 1. The van der Waals surface area contributed by atoms with E-state index in [1.54, 1.807) is 12.1 Å². The molecule has 2 N–H and O–H groups in total. The normalized spacial score (nSPS) is 27.2. The van der Waals surface area contributed by atoms with Crippen molar-refractivity contribution in [3.05, 3.63) is 29.8 Å². The summed E-state index contributed by atoms with van der Waals surface area (Å²) in [4.78, 5) is 14.5. The summed E-state index contributed by atoms with van der Waals surface area (Å²) in [5, 5.41) is 11.3. The SMILES string of the molecule is CN1CCN(NC(=O)C2CC2c2ccc(O)cc2)CC1. The summed E-state index contributed by atoms with van der Waals surface area (Å²) in [6.07, 6.45) is 0.907. The number of likely N-dealkylation sites (N-methyl/N-ethyl adjacent to an activating group) is 1. The van der Waals surface area contributed by atoms with Crippen molar-refractivity contribution in [2.24, 2.45) is 5.92 Å². The Bertz CT molecular complexity index is 480. The number of nitrogens with zero attached hydrogens (tertiary/aromatic N) is 2. The van der Waals surface area contributed by atoms with Crippen LogP contribution in [-0.2, 0) is 4.79 Å². The second kappa shape index (κ2) is 5.42. The van der Waals surface area contributed by atoms with Crippen LogP contribution in [0, 0.1) is 5.92 Å². The third-order valence-corrected chi connectivity index (χ3v) is 4.22. The van der Waals surface area contributed by atoms with Crippen LogP contribution in [0.25, 0.3) is 0 Å². The van der Waals surface area contributed by atoms with Crippen molar-refractivity contribution in [3.63, 3.8) is 0 Å².